The van der Waals surface area contributed by atoms with E-state index in [1.165, 1.54) is 12.3 Å². The Labute approximate surface area is 180 Å². The van der Waals surface area contributed by atoms with Gasteiger partial charge in [-0.05, 0) is 61.6 Å². The number of nitrogens with one attached hydrogen (secondary N) is 1. The molecular weight excluding hydrogens is 430 g/mol. The van der Waals surface area contributed by atoms with Gasteiger partial charge in [-0.2, -0.15) is 4.37 Å². The van der Waals surface area contributed by atoms with Crippen LogP contribution in [0.4, 0.5) is 23.2 Å². The summed E-state index contributed by atoms with van der Waals surface area (Å²) in [5.74, 6) is -4.85. The highest BCUT2D eigenvalue weighted by atomic mass is 32.1. The van der Waals surface area contributed by atoms with Crippen LogP contribution in [0.15, 0.2) is 36.5 Å². The van der Waals surface area contributed by atoms with E-state index in [1.54, 1.807) is 13.0 Å². The quantitative estimate of drug-likeness (QED) is 0.473. The first-order valence-corrected chi connectivity index (χ1v) is 10.6. The molecule has 1 saturated carbocycles. The lowest BCUT2D eigenvalue weighted by Gasteiger charge is -2.29. The summed E-state index contributed by atoms with van der Waals surface area (Å²) >= 11 is 1.01. The van der Waals surface area contributed by atoms with Crippen molar-refractivity contribution in [2.45, 2.75) is 44.4 Å². The number of benzene rings is 1. The van der Waals surface area contributed by atoms with Crippen molar-refractivity contribution in [3.05, 3.63) is 64.4 Å². The van der Waals surface area contributed by atoms with Gasteiger partial charge in [-0.25, -0.2) is 17.6 Å². The number of rotatable bonds is 4. The molecule has 31 heavy (non-hydrogen) atoms. The first kappa shape index (κ1) is 21.4. The number of hydrogen-bond donors (Lipinski definition) is 1. The highest BCUT2D eigenvalue weighted by molar-refractivity contribution is 7.08. The predicted molar refractivity (Wildman–Crippen MR) is 111 cm³/mol. The van der Waals surface area contributed by atoms with E-state index in [-0.39, 0.29) is 48.4 Å². The maximum atomic E-state index is 14.6. The van der Waals surface area contributed by atoms with E-state index in [1.807, 2.05) is 0 Å². The molecule has 3 aromatic rings. The Bertz CT molecular complexity index is 1120. The maximum Gasteiger partial charge on any atom is 0.267 e. The molecule has 1 amide bonds. The van der Waals surface area contributed by atoms with Crippen LogP contribution in [-0.2, 0) is 0 Å². The molecule has 9 heteroatoms. The van der Waals surface area contributed by atoms with Gasteiger partial charge >= 0.3 is 0 Å². The highest BCUT2D eigenvalue weighted by Crippen LogP contribution is 2.44. The van der Waals surface area contributed by atoms with Gasteiger partial charge in [-0.3, -0.25) is 9.78 Å². The molecule has 0 saturated heterocycles. The van der Waals surface area contributed by atoms with Crippen LogP contribution >= 0.6 is 11.5 Å². The van der Waals surface area contributed by atoms with E-state index in [4.69, 9.17) is 0 Å². The molecule has 0 aliphatic heterocycles. The molecular formula is C22H19F4N3OS. The number of carbonyl (C=O) groups excluding carboxylic acids is 1. The average Bonchev–Trinajstić information content (AvgIpc) is 3.17. The topological polar surface area (TPSA) is 54.9 Å². The Morgan fingerprint density at radius 2 is 1.87 bits per heavy atom. The number of amides is 1. The summed E-state index contributed by atoms with van der Waals surface area (Å²) in [6.07, 6.45) is 1.20. The standard InChI is InChI=1S/C22H19F4N3OS/c1-12-10-18(31-29-12)21(30)28-20-15(16-11-14(23)2-3-17(16)24)6-9-27-19(20)13-4-7-22(25,26)8-5-13/h2-3,6,9-11,13H,4-5,7-8H2,1H3,(H,28,30). The minimum absolute atomic E-state index is 0.0411. The normalized spacial score (nSPS) is 16.3. The Hall–Kier alpha value is -2.81. The second-order valence-corrected chi connectivity index (χ2v) is 8.46. The Morgan fingerprint density at radius 1 is 1.13 bits per heavy atom. The van der Waals surface area contributed by atoms with Crippen LogP contribution in [0.1, 0.15) is 52.7 Å². The zero-order valence-electron chi connectivity index (χ0n) is 16.6. The summed E-state index contributed by atoms with van der Waals surface area (Å²) in [5, 5.41) is 2.76. The van der Waals surface area contributed by atoms with Crippen molar-refractivity contribution >= 4 is 23.1 Å². The molecule has 1 aliphatic rings. The monoisotopic (exact) mass is 449 g/mol. The fraction of sp³-hybridized carbons (Fsp3) is 0.318. The molecule has 0 unspecified atom stereocenters. The van der Waals surface area contributed by atoms with Crippen LogP contribution in [0.5, 0.6) is 0 Å². The molecule has 2 heterocycles. The third-order valence-corrected chi connectivity index (χ3v) is 6.27. The number of pyridine rings is 1. The van der Waals surface area contributed by atoms with Crippen molar-refractivity contribution < 1.29 is 22.4 Å². The van der Waals surface area contributed by atoms with Gasteiger partial charge in [-0.15, -0.1) is 0 Å². The van der Waals surface area contributed by atoms with E-state index in [0.29, 0.717) is 16.3 Å². The van der Waals surface area contributed by atoms with Crippen LogP contribution in [0, 0.1) is 18.6 Å². The summed E-state index contributed by atoms with van der Waals surface area (Å²) in [6, 6.07) is 6.13. The average molecular weight is 449 g/mol. The number of halogens is 4. The molecule has 0 radical (unpaired) electrons. The Kier molecular flexibility index (Phi) is 5.79. The second kappa shape index (κ2) is 8.37. The summed E-state index contributed by atoms with van der Waals surface area (Å²) in [5.41, 5.74) is 1.48. The van der Waals surface area contributed by atoms with E-state index in [2.05, 4.69) is 14.7 Å². The van der Waals surface area contributed by atoms with Crippen LogP contribution < -0.4 is 5.32 Å². The van der Waals surface area contributed by atoms with Crippen LogP contribution in [-0.4, -0.2) is 21.2 Å². The molecule has 162 valence electrons. The van der Waals surface area contributed by atoms with Crippen molar-refractivity contribution in [2.24, 2.45) is 0 Å². The smallest absolute Gasteiger partial charge is 0.267 e. The lowest BCUT2D eigenvalue weighted by atomic mass is 9.83. The third kappa shape index (κ3) is 4.61. The minimum atomic E-state index is -2.73. The zero-order chi connectivity index (χ0) is 22.2. The first-order chi connectivity index (χ1) is 14.7. The van der Waals surface area contributed by atoms with Gasteiger partial charge in [0.25, 0.3) is 5.91 Å². The number of aryl methyl sites for hydroxylation is 1. The molecule has 4 rings (SSSR count). The van der Waals surface area contributed by atoms with Crippen molar-refractivity contribution in [3.63, 3.8) is 0 Å². The molecule has 1 N–H and O–H groups in total. The molecule has 1 fully saturated rings. The van der Waals surface area contributed by atoms with Gasteiger partial charge in [0.05, 0.1) is 17.1 Å². The largest absolute Gasteiger partial charge is 0.319 e. The maximum absolute atomic E-state index is 14.6. The number of alkyl halides is 2. The first-order valence-electron chi connectivity index (χ1n) is 9.80. The van der Waals surface area contributed by atoms with Gasteiger partial charge in [0.15, 0.2) is 0 Å². The molecule has 0 atom stereocenters. The summed E-state index contributed by atoms with van der Waals surface area (Å²) in [6.45, 7) is 1.75. The van der Waals surface area contributed by atoms with Crippen LogP contribution in [0.3, 0.4) is 0 Å². The lowest BCUT2D eigenvalue weighted by molar-refractivity contribution is -0.0384. The Morgan fingerprint density at radius 3 is 2.55 bits per heavy atom. The zero-order valence-corrected chi connectivity index (χ0v) is 17.4. The van der Waals surface area contributed by atoms with Crippen molar-refractivity contribution in [1.82, 2.24) is 9.36 Å². The van der Waals surface area contributed by atoms with E-state index in [9.17, 15) is 22.4 Å². The van der Waals surface area contributed by atoms with Gasteiger partial charge < -0.3 is 5.32 Å². The van der Waals surface area contributed by atoms with E-state index in [0.717, 1.165) is 29.7 Å². The van der Waals surface area contributed by atoms with Crippen LogP contribution in [0.25, 0.3) is 11.1 Å². The number of carbonyl (C=O) groups is 1. The molecule has 1 aliphatic carbocycles. The van der Waals surface area contributed by atoms with Gasteiger partial charge in [0, 0.05) is 36.1 Å². The fourth-order valence-corrected chi connectivity index (χ4v) is 4.46. The van der Waals surface area contributed by atoms with E-state index >= 15 is 0 Å². The number of hydrogen-bond acceptors (Lipinski definition) is 4. The molecule has 0 bridgehead atoms. The molecule has 1 aromatic carbocycles. The molecule has 0 spiro atoms. The third-order valence-electron chi connectivity index (χ3n) is 5.39. The SMILES string of the molecule is Cc1cc(C(=O)Nc2c(-c3cc(F)ccc3F)ccnc2C2CCC(F)(F)CC2)sn1. The second-order valence-electron chi connectivity index (χ2n) is 7.66. The van der Waals surface area contributed by atoms with Gasteiger partial charge in [0.2, 0.25) is 5.92 Å². The number of nitrogens with zero attached hydrogens (tertiary/aromatic N) is 2. The Balaban J connectivity index is 1.79. The van der Waals surface area contributed by atoms with E-state index < -0.39 is 23.5 Å². The lowest BCUT2D eigenvalue weighted by Crippen LogP contribution is -2.25. The van der Waals surface area contributed by atoms with Crippen molar-refractivity contribution in [1.29, 1.82) is 0 Å². The molecule has 4 nitrogen and oxygen atoms in total. The van der Waals surface area contributed by atoms with Crippen molar-refractivity contribution in [3.8, 4) is 11.1 Å². The van der Waals surface area contributed by atoms with Crippen molar-refractivity contribution in [2.75, 3.05) is 5.32 Å². The fourth-order valence-electron chi connectivity index (χ4n) is 3.81. The summed E-state index contributed by atoms with van der Waals surface area (Å²) in [4.78, 5) is 17.5. The number of aromatic nitrogens is 2. The summed E-state index contributed by atoms with van der Waals surface area (Å²) in [7, 11) is 0. The minimum Gasteiger partial charge on any atom is -0.319 e. The summed E-state index contributed by atoms with van der Waals surface area (Å²) < 4.78 is 59.9. The highest BCUT2D eigenvalue weighted by Gasteiger charge is 2.37. The van der Waals surface area contributed by atoms with Crippen LogP contribution in [0.2, 0.25) is 0 Å². The van der Waals surface area contributed by atoms with Gasteiger partial charge in [0.1, 0.15) is 16.5 Å². The molecule has 2 aromatic heterocycles. The predicted octanol–water partition coefficient (Wildman–Crippen LogP) is 6.34. The van der Waals surface area contributed by atoms with Gasteiger partial charge in [-0.1, -0.05) is 0 Å². The number of anilines is 1.